The van der Waals surface area contributed by atoms with Crippen LogP contribution in [0.1, 0.15) is 55.2 Å². The number of rotatable bonds is 7. The van der Waals surface area contributed by atoms with Gasteiger partial charge in [0.15, 0.2) is 5.13 Å². The van der Waals surface area contributed by atoms with Crippen LogP contribution in [0.15, 0.2) is 12.3 Å². The van der Waals surface area contributed by atoms with E-state index in [1.54, 1.807) is 0 Å². The number of anilines is 1. The fourth-order valence-corrected chi connectivity index (χ4v) is 5.08. The maximum absolute atomic E-state index is 5.14. The first kappa shape index (κ1) is 17.0. The molecule has 0 saturated heterocycles. The Bertz CT molecular complexity index is 746. The van der Waals surface area contributed by atoms with Crippen LogP contribution in [0.4, 0.5) is 5.13 Å². The molecule has 2 aliphatic carbocycles. The van der Waals surface area contributed by atoms with Crippen molar-refractivity contribution < 1.29 is 0 Å². The molecule has 0 N–H and O–H groups in total. The molecule has 2 saturated carbocycles. The SMILES string of the molecule is CCCN(c1nc(-c2cnc(C)cc2C)c(C)s1)C(C1CC1)C1CC1. The molecular weight excluding hydrogens is 326 g/mol. The van der Waals surface area contributed by atoms with E-state index in [-0.39, 0.29) is 0 Å². The summed E-state index contributed by atoms with van der Waals surface area (Å²) in [5.74, 6) is 1.82. The van der Waals surface area contributed by atoms with Gasteiger partial charge in [-0.3, -0.25) is 4.98 Å². The summed E-state index contributed by atoms with van der Waals surface area (Å²) < 4.78 is 0. The lowest BCUT2D eigenvalue weighted by atomic mass is 10.1. The van der Waals surface area contributed by atoms with Gasteiger partial charge in [-0.1, -0.05) is 6.92 Å². The summed E-state index contributed by atoms with van der Waals surface area (Å²) in [6.07, 6.45) is 8.85. The monoisotopic (exact) mass is 355 g/mol. The Hall–Kier alpha value is -1.42. The average molecular weight is 356 g/mol. The zero-order valence-electron chi connectivity index (χ0n) is 15.9. The van der Waals surface area contributed by atoms with Crippen molar-refractivity contribution in [3.05, 3.63) is 28.4 Å². The lowest BCUT2D eigenvalue weighted by Gasteiger charge is -2.32. The van der Waals surface area contributed by atoms with Gasteiger partial charge in [-0.05, 0) is 76.3 Å². The van der Waals surface area contributed by atoms with Crippen LogP contribution in [-0.2, 0) is 0 Å². The standard InChI is InChI=1S/C21H29N3S/c1-5-10-24(20(16-6-7-16)17-8-9-17)21-23-19(15(4)25-21)18-12-22-14(3)11-13(18)2/h11-12,16-17,20H,5-10H2,1-4H3. The normalized spacial score (nSPS) is 17.3. The highest BCUT2D eigenvalue weighted by Gasteiger charge is 2.45. The number of hydrogen-bond acceptors (Lipinski definition) is 4. The summed E-state index contributed by atoms with van der Waals surface area (Å²) in [6.45, 7) is 9.86. The van der Waals surface area contributed by atoms with Crippen LogP contribution in [0, 0.1) is 32.6 Å². The predicted molar refractivity (Wildman–Crippen MR) is 106 cm³/mol. The molecule has 0 amide bonds. The van der Waals surface area contributed by atoms with E-state index in [1.807, 2.05) is 17.5 Å². The van der Waals surface area contributed by atoms with E-state index in [2.05, 4.69) is 43.6 Å². The largest absolute Gasteiger partial charge is 0.345 e. The van der Waals surface area contributed by atoms with Crippen LogP contribution in [0.5, 0.6) is 0 Å². The molecule has 0 unspecified atom stereocenters. The van der Waals surface area contributed by atoms with Crippen LogP contribution in [0.3, 0.4) is 0 Å². The minimum Gasteiger partial charge on any atom is -0.345 e. The van der Waals surface area contributed by atoms with E-state index in [4.69, 9.17) is 4.98 Å². The Labute approximate surface area is 155 Å². The molecule has 4 heteroatoms. The van der Waals surface area contributed by atoms with Crippen LogP contribution in [0.2, 0.25) is 0 Å². The molecular formula is C21H29N3S. The highest BCUT2D eigenvalue weighted by atomic mass is 32.1. The van der Waals surface area contributed by atoms with Gasteiger partial charge in [0, 0.05) is 34.9 Å². The molecule has 2 aromatic rings. The third-order valence-corrected chi connectivity index (χ3v) is 6.58. The smallest absolute Gasteiger partial charge is 0.186 e. The number of nitrogens with zero attached hydrogens (tertiary/aromatic N) is 3. The Morgan fingerprint density at radius 2 is 1.84 bits per heavy atom. The zero-order chi connectivity index (χ0) is 17.6. The van der Waals surface area contributed by atoms with Crippen molar-refractivity contribution >= 4 is 16.5 Å². The Balaban J connectivity index is 1.69. The molecule has 2 heterocycles. The molecule has 4 rings (SSSR count). The van der Waals surface area contributed by atoms with Crippen molar-refractivity contribution in [3.63, 3.8) is 0 Å². The summed E-state index contributed by atoms with van der Waals surface area (Å²) >= 11 is 1.88. The van der Waals surface area contributed by atoms with Crippen molar-refractivity contribution in [2.75, 3.05) is 11.4 Å². The van der Waals surface area contributed by atoms with Crippen molar-refractivity contribution in [2.24, 2.45) is 11.8 Å². The quantitative estimate of drug-likeness (QED) is 0.653. The maximum Gasteiger partial charge on any atom is 0.186 e. The van der Waals surface area contributed by atoms with Crippen LogP contribution < -0.4 is 4.90 Å². The molecule has 0 spiro atoms. The first-order valence-corrected chi connectivity index (χ1v) is 10.6. The third kappa shape index (κ3) is 3.46. The molecule has 0 radical (unpaired) electrons. The minimum atomic E-state index is 0.732. The van der Waals surface area contributed by atoms with Crippen molar-refractivity contribution in [1.29, 1.82) is 0 Å². The van der Waals surface area contributed by atoms with E-state index < -0.39 is 0 Å². The number of pyridine rings is 1. The second-order valence-corrected chi connectivity index (χ2v) is 9.08. The van der Waals surface area contributed by atoms with E-state index >= 15 is 0 Å². The van der Waals surface area contributed by atoms with Gasteiger partial charge in [0.25, 0.3) is 0 Å². The van der Waals surface area contributed by atoms with Gasteiger partial charge in [0.1, 0.15) is 0 Å². The zero-order valence-corrected chi connectivity index (χ0v) is 16.7. The molecule has 0 atom stereocenters. The van der Waals surface area contributed by atoms with Crippen molar-refractivity contribution in [2.45, 2.75) is 65.8 Å². The Morgan fingerprint density at radius 1 is 1.16 bits per heavy atom. The molecule has 2 fully saturated rings. The Kier molecular flexibility index (Phi) is 4.57. The molecule has 0 bridgehead atoms. The summed E-state index contributed by atoms with van der Waals surface area (Å²) in [5.41, 5.74) is 4.67. The van der Waals surface area contributed by atoms with Gasteiger partial charge in [-0.15, -0.1) is 11.3 Å². The second kappa shape index (κ2) is 6.71. The van der Waals surface area contributed by atoms with Gasteiger partial charge in [0.2, 0.25) is 0 Å². The van der Waals surface area contributed by atoms with E-state index in [9.17, 15) is 0 Å². The van der Waals surface area contributed by atoms with E-state index in [1.165, 1.54) is 53.2 Å². The summed E-state index contributed by atoms with van der Waals surface area (Å²) in [5, 5.41) is 1.23. The number of hydrogen-bond donors (Lipinski definition) is 0. The summed E-state index contributed by atoms with van der Waals surface area (Å²) in [6, 6.07) is 2.89. The predicted octanol–water partition coefficient (Wildman–Crippen LogP) is 5.54. The van der Waals surface area contributed by atoms with Gasteiger partial charge in [-0.25, -0.2) is 4.98 Å². The van der Waals surface area contributed by atoms with Crippen LogP contribution >= 0.6 is 11.3 Å². The van der Waals surface area contributed by atoms with E-state index in [0.717, 1.165) is 35.8 Å². The third-order valence-electron chi connectivity index (χ3n) is 5.57. The number of aryl methyl sites for hydroxylation is 3. The average Bonchev–Trinajstić information content (AvgIpc) is 3.48. The van der Waals surface area contributed by atoms with Gasteiger partial charge < -0.3 is 4.90 Å². The van der Waals surface area contributed by atoms with Crippen LogP contribution in [0.25, 0.3) is 11.3 Å². The molecule has 0 aliphatic heterocycles. The Morgan fingerprint density at radius 3 is 2.40 bits per heavy atom. The summed E-state index contributed by atoms with van der Waals surface area (Å²) in [7, 11) is 0. The fraction of sp³-hybridized carbons (Fsp3) is 0.619. The van der Waals surface area contributed by atoms with E-state index in [0.29, 0.717) is 0 Å². The van der Waals surface area contributed by atoms with Gasteiger partial charge >= 0.3 is 0 Å². The minimum absolute atomic E-state index is 0.732. The molecule has 25 heavy (non-hydrogen) atoms. The highest BCUT2D eigenvalue weighted by molar-refractivity contribution is 7.16. The first-order valence-electron chi connectivity index (χ1n) is 9.76. The van der Waals surface area contributed by atoms with Gasteiger partial charge in [0.05, 0.1) is 5.69 Å². The number of thiazole rings is 1. The first-order chi connectivity index (χ1) is 12.1. The van der Waals surface area contributed by atoms with Crippen molar-refractivity contribution in [1.82, 2.24) is 9.97 Å². The highest BCUT2D eigenvalue weighted by Crippen LogP contribution is 2.49. The topological polar surface area (TPSA) is 29.0 Å². The molecule has 3 nitrogen and oxygen atoms in total. The second-order valence-electron chi connectivity index (χ2n) is 7.90. The molecule has 2 aromatic heterocycles. The van der Waals surface area contributed by atoms with Crippen molar-refractivity contribution in [3.8, 4) is 11.3 Å². The lowest BCUT2D eigenvalue weighted by Crippen LogP contribution is -2.39. The number of aromatic nitrogens is 2. The summed E-state index contributed by atoms with van der Waals surface area (Å²) in [4.78, 5) is 13.6. The van der Waals surface area contributed by atoms with Crippen LogP contribution in [-0.4, -0.2) is 22.6 Å². The molecule has 0 aromatic carbocycles. The lowest BCUT2D eigenvalue weighted by molar-refractivity contribution is 0.476. The molecule has 134 valence electrons. The maximum atomic E-state index is 5.14. The molecule has 2 aliphatic rings. The fourth-order valence-electron chi connectivity index (χ4n) is 4.08. The van der Waals surface area contributed by atoms with Gasteiger partial charge in [-0.2, -0.15) is 0 Å².